The molecule has 4 nitrogen and oxygen atoms in total. The lowest BCUT2D eigenvalue weighted by atomic mass is 9.87. The van der Waals surface area contributed by atoms with Gasteiger partial charge in [-0.25, -0.2) is 13.1 Å². The van der Waals surface area contributed by atoms with E-state index in [1.54, 1.807) is 18.2 Å². The van der Waals surface area contributed by atoms with Crippen molar-refractivity contribution in [3.05, 3.63) is 42.5 Å². The number of sulfonamides is 1. The van der Waals surface area contributed by atoms with Crippen LogP contribution in [0, 0.1) is 5.41 Å². The van der Waals surface area contributed by atoms with E-state index in [1.807, 2.05) is 45.0 Å². The Hall–Kier alpha value is -1.43. The van der Waals surface area contributed by atoms with Crippen LogP contribution in [0.4, 0.5) is 0 Å². The van der Waals surface area contributed by atoms with Gasteiger partial charge in [-0.05, 0) is 34.7 Å². The molecule has 0 aromatic heterocycles. The van der Waals surface area contributed by atoms with Gasteiger partial charge in [-0.1, -0.05) is 51.1 Å². The van der Waals surface area contributed by atoms with Gasteiger partial charge in [-0.3, -0.25) is 0 Å². The molecule has 0 bridgehead atoms. The molecule has 0 radical (unpaired) electrons. The van der Waals surface area contributed by atoms with Gasteiger partial charge in [-0.15, -0.1) is 0 Å². The molecule has 0 saturated carbocycles. The SMILES string of the molecule is CC(C)(C)C(O)CCNS(=O)(=O)c1ccc2ccccc2c1. The number of hydrogen-bond acceptors (Lipinski definition) is 3. The summed E-state index contributed by atoms with van der Waals surface area (Å²) in [6.45, 7) is 5.99. The van der Waals surface area contributed by atoms with E-state index in [4.69, 9.17) is 0 Å². The predicted molar refractivity (Wildman–Crippen MR) is 89.2 cm³/mol. The van der Waals surface area contributed by atoms with Crippen molar-refractivity contribution in [1.82, 2.24) is 4.72 Å². The molecule has 0 aliphatic carbocycles. The van der Waals surface area contributed by atoms with Crippen molar-refractivity contribution >= 4 is 20.8 Å². The summed E-state index contributed by atoms with van der Waals surface area (Å²) in [7, 11) is -3.55. The summed E-state index contributed by atoms with van der Waals surface area (Å²) in [6, 6.07) is 12.7. The number of benzene rings is 2. The molecule has 1 unspecified atom stereocenters. The van der Waals surface area contributed by atoms with Crippen LogP contribution in [-0.2, 0) is 10.0 Å². The van der Waals surface area contributed by atoms with Crippen LogP contribution in [0.3, 0.4) is 0 Å². The Bertz CT molecular complexity index is 748. The molecule has 0 aliphatic rings. The number of hydrogen-bond donors (Lipinski definition) is 2. The van der Waals surface area contributed by atoms with Crippen LogP contribution >= 0.6 is 0 Å². The first kappa shape index (κ1) is 16.9. The summed E-state index contributed by atoms with van der Waals surface area (Å²) >= 11 is 0. The Morgan fingerprint density at radius 1 is 1.09 bits per heavy atom. The second-order valence-corrected chi connectivity index (χ2v) is 8.34. The zero-order chi connectivity index (χ0) is 16.4. The fourth-order valence-corrected chi connectivity index (χ4v) is 3.26. The zero-order valence-corrected chi connectivity index (χ0v) is 14.0. The molecule has 5 heteroatoms. The van der Waals surface area contributed by atoms with E-state index >= 15 is 0 Å². The van der Waals surface area contributed by atoms with Crippen molar-refractivity contribution in [3.8, 4) is 0 Å². The van der Waals surface area contributed by atoms with Gasteiger partial charge >= 0.3 is 0 Å². The molecule has 2 aromatic carbocycles. The van der Waals surface area contributed by atoms with Crippen molar-refractivity contribution in [3.63, 3.8) is 0 Å². The van der Waals surface area contributed by atoms with Gasteiger partial charge in [0.25, 0.3) is 0 Å². The second-order valence-electron chi connectivity index (χ2n) is 6.58. The summed E-state index contributed by atoms with van der Waals surface area (Å²) in [4.78, 5) is 0.247. The van der Waals surface area contributed by atoms with Gasteiger partial charge in [0, 0.05) is 6.54 Å². The van der Waals surface area contributed by atoms with Crippen LogP contribution in [-0.4, -0.2) is 26.2 Å². The van der Waals surface area contributed by atoms with Gasteiger partial charge in [0.2, 0.25) is 10.0 Å². The van der Waals surface area contributed by atoms with Gasteiger partial charge in [-0.2, -0.15) is 0 Å². The highest BCUT2D eigenvalue weighted by atomic mass is 32.2. The molecule has 0 amide bonds. The van der Waals surface area contributed by atoms with E-state index in [1.165, 1.54) is 0 Å². The number of fused-ring (bicyclic) bond motifs is 1. The Kier molecular flexibility index (Phi) is 4.90. The van der Waals surface area contributed by atoms with Crippen molar-refractivity contribution < 1.29 is 13.5 Å². The lowest BCUT2D eigenvalue weighted by Gasteiger charge is -2.25. The maximum atomic E-state index is 12.3. The monoisotopic (exact) mass is 321 g/mol. The van der Waals surface area contributed by atoms with Crippen LogP contribution < -0.4 is 4.72 Å². The van der Waals surface area contributed by atoms with E-state index in [-0.39, 0.29) is 16.9 Å². The van der Waals surface area contributed by atoms with Crippen molar-refractivity contribution in [2.24, 2.45) is 5.41 Å². The molecule has 0 heterocycles. The highest BCUT2D eigenvalue weighted by molar-refractivity contribution is 7.89. The maximum Gasteiger partial charge on any atom is 0.240 e. The quantitative estimate of drug-likeness (QED) is 0.890. The fraction of sp³-hybridized carbons (Fsp3) is 0.412. The number of nitrogens with one attached hydrogen (secondary N) is 1. The second kappa shape index (κ2) is 6.36. The first-order valence-electron chi connectivity index (χ1n) is 7.37. The topological polar surface area (TPSA) is 66.4 Å². The first-order chi connectivity index (χ1) is 10.2. The minimum atomic E-state index is -3.55. The Labute approximate surface area is 132 Å². The summed E-state index contributed by atoms with van der Waals surface area (Å²) in [6.07, 6.45) is -0.164. The van der Waals surface area contributed by atoms with Crippen LogP contribution in [0.1, 0.15) is 27.2 Å². The van der Waals surface area contributed by atoms with Crippen LogP contribution in [0.15, 0.2) is 47.4 Å². The molecule has 0 saturated heterocycles. The minimum absolute atomic E-state index is 0.216. The van der Waals surface area contributed by atoms with E-state index in [2.05, 4.69) is 4.72 Å². The number of rotatable bonds is 5. The average Bonchev–Trinajstić information content (AvgIpc) is 2.45. The number of aliphatic hydroxyl groups excluding tert-OH is 1. The molecular formula is C17H23NO3S. The molecule has 0 aliphatic heterocycles. The Morgan fingerprint density at radius 3 is 2.36 bits per heavy atom. The molecule has 2 N–H and O–H groups in total. The maximum absolute atomic E-state index is 12.3. The summed E-state index contributed by atoms with van der Waals surface area (Å²) < 4.78 is 27.2. The molecule has 2 aromatic rings. The predicted octanol–water partition coefficient (Wildman–Crippen LogP) is 2.92. The normalized spacial score (nSPS) is 14.2. The molecule has 1 atom stereocenters. The average molecular weight is 321 g/mol. The third-order valence-corrected chi connectivity index (χ3v) is 5.20. The van der Waals surface area contributed by atoms with Crippen LogP contribution in [0.5, 0.6) is 0 Å². The zero-order valence-electron chi connectivity index (χ0n) is 13.2. The highest BCUT2D eigenvalue weighted by Crippen LogP contribution is 2.22. The van der Waals surface area contributed by atoms with Crippen LogP contribution in [0.25, 0.3) is 10.8 Å². The van der Waals surface area contributed by atoms with Crippen LogP contribution in [0.2, 0.25) is 0 Å². The Morgan fingerprint density at radius 2 is 1.73 bits per heavy atom. The van der Waals surface area contributed by atoms with Crippen molar-refractivity contribution in [2.45, 2.75) is 38.2 Å². The molecular weight excluding hydrogens is 298 g/mol. The lowest BCUT2D eigenvalue weighted by Crippen LogP contribution is -2.32. The molecule has 0 fully saturated rings. The molecule has 22 heavy (non-hydrogen) atoms. The highest BCUT2D eigenvalue weighted by Gasteiger charge is 2.22. The summed E-state index contributed by atoms with van der Waals surface area (Å²) in [5.41, 5.74) is -0.256. The van der Waals surface area contributed by atoms with E-state index in [9.17, 15) is 13.5 Å². The third-order valence-electron chi connectivity index (χ3n) is 3.74. The van der Waals surface area contributed by atoms with Crippen molar-refractivity contribution in [2.75, 3.05) is 6.54 Å². The first-order valence-corrected chi connectivity index (χ1v) is 8.85. The molecule has 2 rings (SSSR count). The summed E-state index contributed by atoms with van der Waals surface area (Å²) in [5.74, 6) is 0. The Balaban J connectivity index is 2.09. The summed E-state index contributed by atoms with van der Waals surface area (Å²) in [5, 5.41) is 11.9. The molecule has 0 spiro atoms. The van der Waals surface area contributed by atoms with E-state index < -0.39 is 16.1 Å². The van der Waals surface area contributed by atoms with Crippen molar-refractivity contribution in [1.29, 1.82) is 0 Å². The van der Waals surface area contributed by atoms with Gasteiger partial charge in [0.15, 0.2) is 0 Å². The lowest BCUT2D eigenvalue weighted by molar-refractivity contribution is 0.0571. The van der Waals surface area contributed by atoms with E-state index in [0.717, 1.165) is 10.8 Å². The van der Waals surface area contributed by atoms with Gasteiger partial charge < -0.3 is 5.11 Å². The van der Waals surface area contributed by atoms with Gasteiger partial charge in [0.05, 0.1) is 11.0 Å². The standard InChI is InChI=1S/C17H23NO3S/c1-17(2,3)16(19)10-11-18-22(20,21)15-9-8-13-6-4-5-7-14(13)12-15/h4-9,12,16,18-19H,10-11H2,1-3H3. The number of aliphatic hydroxyl groups is 1. The van der Waals surface area contributed by atoms with E-state index in [0.29, 0.717) is 6.42 Å². The minimum Gasteiger partial charge on any atom is -0.393 e. The van der Waals surface area contributed by atoms with Gasteiger partial charge in [0.1, 0.15) is 0 Å². The largest absolute Gasteiger partial charge is 0.393 e. The smallest absolute Gasteiger partial charge is 0.240 e. The molecule has 120 valence electrons. The third kappa shape index (κ3) is 4.06. The fourth-order valence-electron chi connectivity index (χ4n) is 2.18.